The van der Waals surface area contributed by atoms with Crippen LogP contribution in [0.4, 0.5) is 14.9 Å². The Balaban J connectivity index is 2.03. The van der Waals surface area contributed by atoms with Crippen molar-refractivity contribution in [2.75, 3.05) is 4.90 Å². The second-order valence-corrected chi connectivity index (χ2v) is 5.27. The normalized spacial score (nSPS) is 17.0. The van der Waals surface area contributed by atoms with Gasteiger partial charge in [0.2, 0.25) is 0 Å². The Morgan fingerprint density at radius 2 is 2.00 bits per heavy atom. The average Bonchev–Trinajstić information content (AvgIpc) is 2.96. The number of nitrogens with one attached hydrogen (secondary N) is 1. The molecule has 0 atom stereocenters. The van der Waals surface area contributed by atoms with Gasteiger partial charge in [-0.25, -0.2) is 14.1 Å². The zero-order valence-electron chi connectivity index (χ0n) is 11.1. The van der Waals surface area contributed by atoms with E-state index in [4.69, 9.17) is 0 Å². The number of halogens is 1. The van der Waals surface area contributed by atoms with E-state index in [1.807, 2.05) is 0 Å². The van der Waals surface area contributed by atoms with Crippen LogP contribution in [0, 0.1) is 5.82 Å². The lowest BCUT2D eigenvalue weighted by Gasteiger charge is -2.26. The fourth-order valence-electron chi connectivity index (χ4n) is 2.03. The molecule has 0 aliphatic carbocycles. The highest BCUT2D eigenvalue weighted by molar-refractivity contribution is 7.08. The fourth-order valence-corrected chi connectivity index (χ4v) is 2.65. The number of barbiturate groups is 1. The molecule has 5 nitrogen and oxygen atoms in total. The summed E-state index contributed by atoms with van der Waals surface area (Å²) in [5.74, 6) is -2.14. The molecule has 4 amide bonds. The van der Waals surface area contributed by atoms with E-state index in [1.54, 1.807) is 16.8 Å². The van der Waals surface area contributed by atoms with Gasteiger partial charge in [-0.15, -0.1) is 0 Å². The van der Waals surface area contributed by atoms with Crippen LogP contribution >= 0.6 is 11.3 Å². The Hall–Kier alpha value is -2.80. The van der Waals surface area contributed by atoms with Crippen molar-refractivity contribution in [3.63, 3.8) is 0 Å². The molecule has 3 rings (SSSR count). The fraction of sp³-hybridized carbons (Fsp3) is 0. The first-order valence-electron chi connectivity index (χ1n) is 6.25. The summed E-state index contributed by atoms with van der Waals surface area (Å²) in [5.41, 5.74) is 0.561. The van der Waals surface area contributed by atoms with Crippen LogP contribution in [0.25, 0.3) is 6.08 Å². The van der Waals surface area contributed by atoms with Crippen molar-refractivity contribution >= 4 is 40.9 Å². The molecule has 1 fully saturated rings. The first kappa shape index (κ1) is 14.2. The van der Waals surface area contributed by atoms with Gasteiger partial charge < -0.3 is 0 Å². The van der Waals surface area contributed by atoms with Crippen molar-refractivity contribution in [1.29, 1.82) is 0 Å². The molecule has 110 valence electrons. The number of hydrogen-bond acceptors (Lipinski definition) is 4. The summed E-state index contributed by atoms with van der Waals surface area (Å²) in [6.07, 6.45) is 1.40. The highest BCUT2D eigenvalue weighted by atomic mass is 32.1. The van der Waals surface area contributed by atoms with E-state index >= 15 is 0 Å². The van der Waals surface area contributed by atoms with Crippen molar-refractivity contribution < 1.29 is 18.8 Å². The lowest BCUT2D eigenvalue weighted by molar-refractivity contribution is -0.122. The van der Waals surface area contributed by atoms with Gasteiger partial charge in [-0.05, 0) is 46.7 Å². The Bertz CT molecular complexity index is 799. The van der Waals surface area contributed by atoms with Crippen molar-refractivity contribution in [3.8, 4) is 0 Å². The van der Waals surface area contributed by atoms with E-state index in [2.05, 4.69) is 5.32 Å². The van der Waals surface area contributed by atoms with Crippen LogP contribution in [0.15, 0.2) is 46.7 Å². The van der Waals surface area contributed by atoms with Crippen LogP contribution in [-0.2, 0) is 9.59 Å². The number of imide groups is 2. The minimum atomic E-state index is -0.900. The molecule has 0 bridgehead atoms. The van der Waals surface area contributed by atoms with Crippen molar-refractivity contribution in [2.45, 2.75) is 0 Å². The standard InChI is InChI=1S/C15H9FN2O3S/c16-10-2-1-3-11(7-10)18-14(20)12(13(19)17-15(18)21)6-9-4-5-22-8-9/h1-8H,(H,17,19,21)/b12-6+. The van der Waals surface area contributed by atoms with Gasteiger partial charge in [0.15, 0.2) is 0 Å². The Morgan fingerprint density at radius 1 is 1.18 bits per heavy atom. The van der Waals surface area contributed by atoms with Gasteiger partial charge in [-0.2, -0.15) is 11.3 Å². The molecule has 22 heavy (non-hydrogen) atoms. The Labute approximate surface area is 128 Å². The van der Waals surface area contributed by atoms with E-state index in [0.29, 0.717) is 5.56 Å². The second-order valence-electron chi connectivity index (χ2n) is 4.49. The molecule has 7 heteroatoms. The first-order valence-corrected chi connectivity index (χ1v) is 7.20. The lowest BCUT2D eigenvalue weighted by Crippen LogP contribution is -2.54. The number of carbonyl (C=O) groups excluding carboxylic acids is 3. The van der Waals surface area contributed by atoms with E-state index in [9.17, 15) is 18.8 Å². The summed E-state index contributed by atoms with van der Waals surface area (Å²) in [6.45, 7) is 0. The molecule has 1 aliphatic rings. The third-order valence-electron chi connectivity index (χ3n) is 3.02. The molecule has 0 spiro atoms. The van der Waals surface area contributed by atoms with Crippen LogP contribution in [-0.4, -0.2) is 17.8 Å². The maximum absolute atomic E-state index is 13.3. The maximum atomic E-state index is 13.3. The first-order chi connectivity index (χ1) is 10.6. The van der Waals surface area contributed by atoms with Crippen molar-refractivity contribution in [3.05, 3.63) is 58.0 Å². The molecule has 0 unspecified atom stereocenters. The number of carbonyl (C=O) groups is 3. The molecule has 1 aromatic carbocycles. The van der Waals surface area contributed by atoms with E-state index in [0.717, 1.165) is 11.0 Å². The smallest absolute Gasteiger partial charge is 0.273 e. The molecule has 0 radical (unpaired) electrons. The lowest BCUT2D eigenvalue weighted by atomic mass is 10.1. The predicted molar refractivity (Wildman–Crippen MR) is 79.7 cm³/mol. The topological polar surface area (TPSA) is 66.5 Å². The molecular formula is C15H9FN2O3S. The number of nitrogens with zero attached hydrogens (tertiary/aromatic N) is 1. The molecule has 2 heterocycles. The number of benzene rings is 1. The number of hydrogen-bond donors (Lipinski definition) is 1. The van der Waals surface area contributed by atoms with E-state index < -0.39 is 23.7 Å². The largest absolute Gasteiger partial charge is 0.335 e. The zero-order chi connectivity index (χ0) is 15.7. The number of amides is 4. The quantitative estimate of drug-likeness (QED) is 0.684. The molecule has 0 saturated carbocycles. The van der Waals surface area contributed by atoms with Gasteiger partial charge in [-0.3, -0.25) is 14.9 Å². The third-order valence-corrected chi connectivity index (χ3v) is 3.72. The molecule has 1 aromatic heterocycles. The molecular weight excluding hydrogens is 307 g/mol. The highest BCUT2D eigenvalue weighted by Crippen LogP contribution is 2.22. The second kappa shape index (κ2) is 5.53. The van der Waals surface area contributed by atoms with Crippen LogP contribution in [0.2, 0.25) is 0 Å². The van der Waals surface area contributed by atoms with Crippen molar-refractivity contribution in [2.24, 2.45) is 0 Å². The SMILES string of the molecule is O=C1NC(=O)N(c2cccc(F)c2)C(=O)/C1=C/c1ccsc1. The summed E-state index contributed by atoms with van der Waals surface area (Å²) in [4.78, 5) is 36.9. The molecule has 2 aromatic rings. The summed E-state index contributed by atoms with van der Waals surface area (Å²) < 4.78 is 13.3. The number of rotatable bonds is 2. The maximum Gasteiger partial charge on any atom is 0.335 e. The third kappa shape index (κ3) is 2.53. The van der Waals surface area contributed by atoms with Gasteiger partial charge in [0.1, 0.15) is 11.4 Å². The van der Waals surface area contributed by atoms with Crippen LogP contribution < -0.4 is 10.2 Å². The summed E-state index contributed by atoms with van der Waals surface area (Å²) in [5, 5.41) is 5.64. The number of anilines is 1. The summed E-state index contributed by atoms with van der Waals surface area (Å²) >= 11 is 1.41. The van der Waals surface area contributed by atoms with Gasteiger partial charge in [0, 0.05) is 0 Å². The predicted octanol–water partition coefficient (Wildman–Crippen LogP) is 2.55. The monoisotopic (exact) mass is 316 g/mol. The zero-order valence-corrected chi connectivity index (χ0v) is 11.9. The number of urea groups is 1. The Morgan fingerprint density at radius 3 is 2.68 bits per heavy atom. The van der Waals surface area contributed by atoms with E-state index in [1.165, 1.54) is 35.6 Å². The van der Waals surface area contributed by atoms with Gasteiger partial charge in [-0.1, -0.05) is 6.07 Å². The minimum absolute atomic E-state index is 0.0613. The molecule has 1 saturated heterocycles. The van der Waals surface area contributed by atoms with Crippen LogP contribution in [0.3, 0.4) is 0 Å². The number of thiophene rings is 1. The van der Waals surface area contributed by atoms with Gasteiger partial charge in [0.05, 0.1) is 5.69 Å². The van der Waals surface area contributed by atoms with Crippen molar-refractivity contribution in [1.82, 2.24) is 5.32 Å². The molecule has 1 N–H and O–H groups in total. The van der Waals surface area contributed by atoms with Crippen LogP contribution in [0.5, 0.6) is 0 Å². The minimum Gasteiger partial charge on any atom is -0.273 e. The summed E-state index contributed by atoms with van der Waals surface area (Å²) in [7, 11) is 0. The van der Waals surface area contributed by atoms with E-state index in [-0.39, 0.29) is 11.3 Å². The highest BCUT2D eigenvalue weighted by Gasteiger charge is 2.36. The van der Waals surface area contributed by atoms with Crippen LogP contribution in [0.1, 0.15) is 5.56 Å². The Kier molecular flexibility index (Phi) is 3.56. The molecule has 1 aliphatic heterocycles. The average molecular weight is 316 g/mol. The van der Waals surface area contributed by atoms with Gasteiger partial charge in [0.25, 0.3) is 11.8 Å². The summed E-state index contributed by atoms with van der Waals surface area (Å²) in [6, 6.07) is 5.88. The van der Waals surface area contributed by atoms with Gasteiger partial charge >= 0.3 is 6.03 Å².